The van der Waals surface area contributed by atoms with E-state index >= 15 is 0 Å². The minimum absolute atomic E-state index is 0.0133. The number of aryl methyl sites for hydroxylation is 2. The molecular formula is C23H27N3O2. The third kappa shape index (κ3) is 3.75. The number of nitrogens with zero attached hydrogens (tertiary/aromatic N) is 2. The molecule has 0 aliphatic heterocycles. The molecule has 1 amide bonds. The van der Waals surface area contributed by atoms with Gasteiger partial charge in [0.15, 0.2) is 0 Å². The van der Waals surface area contributed by atoms with Gasteiger partial charge >= 0.3 is 0 Å². The number of fused-ring (bicyclic) bond motifs is 1. The predicted molar refractivity (Wildman–Crippen MR) is 108 cm³/mol. The summed E-state index contributed by atoms with van der Waals surface area (Å²) in [5, 5.41) is 7.93. The molecule has 0 fully saturated rings. The summed E-state index contributed by atoms with van der Waals surface area (Å²) in [6.45, 7) is 6.62. The molecule has 2 heterocycles. The fourth-order valence-corrected chi connectivity index (χ4v) is 4.14. The van der Waals surface area contributed by atoms with E-state index in [0.717, 1.165) is 29.9 Å². The van der Waals surface area contributed by atoms with Gasteiger partial charge in [-0.05, 0) is 48.9 Å². The van der Waals surface area contributed by atoms with Crippen LogP contribution in [0.15, 0.2) is 53.3 Å². The molecule has 28 heavy (non-hydrogen) atoms. The molecule has 1 N–H and O–H groups in total. The fraction of sp³-hybridized carbons (Fsp3) is 0.391. The van der Waals surface area contributed by atoms with Crippen LogP contribution in [0.1, 0.15) is 55.3 Å². The van der Waals surface area contributed by atoms with Gasteiger partial charge in [-0.15, -0.1) is 0 Å². The first-order valence-electron chi connectivity index (χ1n) is 9.87. The topological polar surface area (TPSA) is 60.1 Å². The largest absolute Gasteiger partial charge is 0.469 e. The number of aromatic nitrogens is 2. The van der Waals surface area contributed by atoms with Crippen LogP contribution < -0.4 is 5.32 Å². The average molecular weight is 377 g/mol. The van der Waals surface area contributed by atoms with E-state index in [1.807, 2.05) is 35.1 Å². The first-order chi connectivity index (χ1) is 13.4. The highest BCUT2D eigenvalue weighted by Gasteiger charge is 2.36. The van der Waals surface area contributed by atoms with E-state index in [1.54, 1.807) is 6.26 Å². The lowest BCUT2D eigenvalue weighted by Gasteiger charge is -2.36. The third-order valence-corrected chi connectivity index (χ3v) is 5.54. The molecule has 0 saturated heterocycles. The second kappa shape index (κ2) is 7.30. The van der Waals surface area contributed by atoms with Crippen molar-refractivity contribution in [3.05, 3.63) is 71.4 Å². The number of nitrogens with one attached hydrogen (secondary N) is 1. The highest BCUT2D eigenvalue weighted by atomic mass is 16.3. The summed E-state index contributed by atoms with van der Waals surface area (Å²) >= 11 is 0. The summed E-state index contributed by atoms with van der Waals surface area (Å²) in [5.41, 5.74) is 4.71. The molecule has 0 spiro atoms. The number of rotatable bonds is 5. The first-order valence-corrected chi connectivity index (χ1v) is 9.87. The molecule has 1 aromatic carbocycles. The van der Waals surface area contributed by atoms with Crippen LogP contribution in [0.4, 0.5) is 0 Å². The Morgan fingerprint density at radius 1 is 1.29 bits per heavy atom. The van der Waals surface area contributed by atoms with E-state index in [0.29, 0.717) is 12.8 Å². The minimum Gasteiger partial charge on any atom is -0.469 e. The molecule has 4 rings (SSSR count). The number of benzene rings is 1. The highest BCUT2D eigenvalue weighted by Crippen LogP contribution is 2.41. The lowest BCUT2D eigenvalue weighted by atomic mass is 9.74. The Labute approximate surface area is 165 Å². The second-order valence-corrected chi connectivity index (χ2v) is 8.49. The smallest absolute Gasteiger partial charge is 0.220 e. The normalized spacial score (nSPS) is 17.9. The van der Waals surface area contributed by atoms with E-state index in [9.17, 15) is 4.79 Å². The van der Waals surface area contributed by atoms with Gasteiger partial charge in [-0.2, -0.15) is 5.10 Å². The summed E-state index contributed by atoms with van der Waals surface area (Å²) in [6, 6.07) is 12.0. The zero-order valence-electron chi connectivity index (χ0n) is 16.7. The van der Waals surface area contributed by atoms with Crippen LogP contribution in [0.5, 0.6) is 0 Å². The van der Waals surface area contributed by atoms with E-state index < -0.39 is 0 Å². The number of hydrogen-bond acceptors (Lipinski definition) is 3. The second-order valence-electron chi connectivity index (χ2n) is 8.49. The van der Waals surface area contributed by atoms with Gasteiger partial charge in [0.25, 0.3) is 0 Å². The van der Waals surface area contributed by atoms with Gasteiger partial charge in [0.2, 0.25) is 5.91 Å². The van der Waals surface area contributed by atoms with Gasteiger partial charge in [-0.25, -0.2) is 4.68 Å². The van der Waals surface area contributed by atoms with E-state index in [2.05, 4.69) is 43.3 Å². The lowest BCUT2D eigenvalue weighted by molar-refractivity contribution is -0.122. The molecule has 1 aliphatic rings. The SMILES string of the molecule is Cc1ccccc1-n1ncc2c1CC(C)(C)C[C@H]2NC(=O)CCc1ccco1. The van der Waals surface area contributed by atoms with Crippen molar-refractivity contribution in [3.63, 3.8) is 0 Å². The molecule has 3 aromatic rings. The fourth-order valence-electron chi connectivity index (χ4n) is 4.14. The number of carbonyl (C=O) groups is 1. The van der Waals surface area contributed by atoms with E-state index in [-0.39, 0.29) is 17.4 Å². The van der Waals surface area contributed by atoms with Crippen molar-refractivity contribution >= 4 is 5.91 Å². The van der Waals surface area contributed by atoms with Crippen LogP contribution in [-0.2, 0) is 17.6 Å². The Morgan fingerprint density at radius 2 is 2.11 bits per heavy atom. The van der Waals surface area contributed by atoms with Crippen LogP contribution in [0.3, 0.4) is 0 Å². The lowest BCUT2D eigenvalue weighted by Crippen LogP contribution is -2.36. The molecular weight excluding hydrogens is 350 g/mol. The van der Waals surface area contributed by atoms with Crippen molar-refractivity contribution < 1.29 is 9.21 Å². The molecule has 5 nitrogen and oxygen atoms in total. The number of carbonyl (C=O) groups excluding carboxylic acids is 1. The van der Waals surface area contributed by atoms with Gasteiger partial charge in [-0.1, -0.05) is 32.0 Å². The van der Waals surface area contributed by atoms with Crippen LogP contribution >= 0.6 is 0 Å². The van der Waals surface area contributed by atoms with Crippen molar-refractivity contribution in [2.75, 3.05) is 0 Å². The van der Waals surface area contributed by atoms with Crippen LogP contribution in [0.25, 0.3) is 5.69 Å². The maximum Gasteiger partial charge on any atom is 0.220 e. The summed E-state index contributed by atoms with van der Waals surface area (Å²) in [7, 11) is 0. The number of hydrogen-bond donors (Lipinski definition) is 1. The van der Waals surface area contributed by atoms with E-state index in [1.165, 1.54) is 11.3 Å². The number of para-hydroxylation sites is 1. The van der Waals surface area contributed by atoms with Gasteiger partial charge in [0.1, 0.15) is 5.76 Å². The Hall–Kier alpha value is -2.82. The van der Waals surface area contributed by atoms with Gasteiger partial charge in [0.05, 0.1) is 29.9 Å². The van der Waals surface area contributed by atoms with Crippen molar-refractivity contribution in [2.45, 2.75) is 52.5 Å². The number of amides is 1. The summed E-state index contributed by atoms with van der Waals surface area (Å²) in [5.74, 6) is 0.890. The van der Waals surface area contributed by atoms with Crippen LogP contribution in [0.2, 0.25) is 0 Å². The van der Waals surface area contributed by atoms with Crippen molar-refractivity contribution in [1.82, 2.24) is 15.1 Å². The predicted octanol–water partition coefficient (Wildman–Crippen LogP) is 4.54. The standard InChI is InChI=1S/C23H27N3O2/c1-16-7-4-5-9-20(16)26-21-14-23(2,3)13-19(18(21)15-24-26)25-22(27)11-10-17-8-6-12-28-17/h4-9,12,15,19H,10-11,13-14H2,1-3H3,(H,25,27)/t19-/m1/s1. The summed E-state index contributed by atoms with van der Waals surface area (Å²) in [4.78, 5) is 12.6. The van der Waals surface area contributed by atoms with Gasteiger partial charge < -0.3 is 9.73 Å². The first kappa shape index (κ1) is 18.5. The molecule has 0 saturated carbocycles. The van der Waals surface area contributed by atoms with Crippen LogP contribution in [-0.4, -0.2) is 15.7 Å². The maximum absolute atomic E-state index is 12.6. The highest BCUT2D eigenvalue weighted by molar-refractivity contribution is 5.76. The monoisotopic (exact) mass is 377 g/mol. The minimum atomic E-state index is -0.0133. The number of furan rings is 1. The molecule has 0 bridgehead atoms. The zero-order valence-corrected chi connectivity index (χ0v) is 16.7. The molecule has 146 valence electrons. The molecule has 1 aliphatic carbocycles. The Kier molecular flexibility index (Phi) is 4.84. The Bertz CT molecular complexity index is 970. The van der Waals surface area contributed by atoms with Crippen molar-refractivity contribution in [2.24, 2.45) is 5.41 Å². The summed E-state index contributed by atoms with van der Waals surface area (Å²) < 4.78 is 7.38. The molecule has 2 aromatic heterocycles. The quantitative estimate of drug-likeness (QED) is 0.710. The molecule has 1 atom stereocenters. The van der Waals surface area contributed by atoms with Gasteiger partial charge in [0, 0.05) is 18.4 Å². The molecule has 0 radical (unpaired) electrons. The Balaban J connectivity index is 1.57. The Morgan fingerprint density at radius 3 is 2.86 bits per heavy atom. The average Bonchev–Trinajstić information content (AvgIpc) is 3.29. The maximum atomic E-state index is 12.6. The van der Waals surface area contributed by atoms with Crippen molar-refractivity contribution in [3.8, 4) is 5.69 Å². The van der Waals surface area contributed by atoms with Gasteiger partial charge in [-0.3, -0.25) is 4.79 Å². The van der Waals surface area contributed by atoms with Crippen LogP contribution in [0, 0.1) is 12.3 Å². The summed E-state index contributed by atoms with van der Waals surface area (Å²) in [6.07, 6.45) is 6.45. The zero-order chi connectivity index (χ0) is 19.7. The third-order valence-electron chi connectivity index (χ3n) is 5.54. The van der Waals surface area contributed by atoms with Crippen molar-refractivity contribution in [1.29, 1.82) is 0 Å². The molecule has 5 heteroatoms. The molecule has 0 unspecified atom stereocenters. The van der Waals surface area contributed by atoms with E-state index in [4.69, 9.17) is 4.42 Å².